The van der Waals surface area contributed by atoms with Crippen LogP contribution in [0.3, 0.4) is 0 Å². The molecule has 0 aliphatic carbocycles. The standard InChI is InChI=1S/C25H32FN3O5/c1-2-34-21-12-6-18(7-13-21)4-3-5-22(23(30)24(31)27-33)25(32)29-16-14-28(15-17-29)20-10-8-19(26)9-11-20/h6-13,22-23,30,33H,2-5,14-17H2,1H3,(H,27,31)/t22-,23+/m1/s1. The highest BCUT2D eigenvalue weighted by Gasteiger charge is 2.35. The van der Waals surface area contributed by atoms with Crippen LogP contribution < -0.4 is 15.1 Å². The Morgan fingerprint density at radius 3 is 2.29 bits per heavy atom. The molecule has 9 heteroatoms. The second-order valence-electron chi connectivity index (χ2n) is 8.29. The average Bonchev–Trinajstić information content (AvgIpc) is 2.87. The zero-order valence-corrected chi connectivity index (χ0v) is 19.3. The SMILES string of the molecule is CCOc1ccc(CCC[C@@H](C(=O)N2CCN(c3ccc(F)cc3)CC2)[C@H](O)C(=O)NO)cc1. The number of carbonyl (C=O) groups is 2. The van der Waals surface area contributed by atoms with Crippen LogP contribution in [0, 0.1) is 11.7 Å². The summed E-state index contributed by atoms with van der Waals surface area (Å²) in [6, 6.07) is 13.9. The molecule has 2 aromatic rings. The second-order valence-corrected chi connectivity index (χ2v) is 8.29. The fraction of sp³-hybridized carbons (Fsp3) is 0.440. The highest BCUT2D eigenvalue weighted by Crippen LogP contribution is 2.22. The van der Waals surface area contributed by atoms with Gasteiger partial charge in [0.15, 0.2) is 0 Å². The van der Waals surface area contributed by atoms with Gasteiger partial charge in [0.05, 0.1) is 12.5 Å². The van der Waals surface area contributed by atoms with Gasteiger partial charge < -0.3 is 19.6 Å². The first kappa shape index (κ1) is 25.5. The number of anilines is 1. The molecule has 34 heavy (non-hydrogen) atoms. The fourth-order valence-electron chi connectivity index (χ4n) is 4.18. The van der Waals surface area contributed by atoms with E-state index >= 15 is 0 Å². The summed E-state index contributed by atoms with van der Waals surface area (Å²) in [5.41, 5.74) is 3.38. The number of aliphatic hydroxyl groups excluding tert-OH is 1. The predicted molar refractivity (Wildman–Crippen MR) is 125 cm³/mol. The van der Waals surface area contributed by atoms with Crippen LogP contribution in [0.1, 0.15) is 25.3 Å². The highest BCUT2D eigenvalue weighted by atomic mass is 19.1. The van der Waals surface area contributed by atoms with E-state index in [1.807, 2.05) is 31.2 Å². The number of benzene rings is 2. The highest BCUT2D eigenvalue weighted by molar-refractivity contribution is 5.88. The van der Waals surface area contributed by atoms with Gasteiger partial charge >= 0.3 is 0 Å². The monoisotopic (exact) mass is 473 g/mol. The number of hydroxylamine groups is 1. The number of halogens is 1. The number of nitrogens with one attached hydrogen (secondary N) is 1. The molecule has 1 aliphatic heterocycles. The summed E-state index contributed by atoms with van der Waals surface area (Å²) in [7, 11) is 0. The van der Waals surface area contributed by atoms with E-state index in [0.29, 0.717) is 52.0 Å². The lowest BCUT2D eigenvalue weighted by molar-refractivity contribution is -0.150. The summed E-state index contributed by atoms with van der Waals surface area (Å²) in [4.78, 5) is 28.8. The molecular formula is C25H32FN3O5. The van der Waals surface area contributed by atoms with E-state index in [9.17, 15) is 19.1 Å². The molecule has 2 aromatic carbocycles. The Morgan fingerprint density at radius 2 is 1.71 bits per heavy atom. The van der Waals surface area contributed by atoms with Crippen LogP contribution in [-0.4, -0.2) is 65.9 Å². The lowest BCUT2D eigenvalue weighted by Crippen LogP contribution is -2.53. The van der Waals surface area contributed by atoms with E-state index in [1.165, 1.54) is 17.6 Å². The lowest BCUT2D eigenvalue weighted by Gasteiger charge is -2.38. The third-order valence-electron chi connectivity index (χ3n) is 6.08. The number of amides is 2. The minimum Gasteiger partial charge on any atom is -0.494 e. The average molecular weight is 474 g/mol. The molecule has 0 unspecified atom stereocenters. The Hall–Kier alpha value is -3.17. The number of hydrogen-bond donors (Lipinski definition) is 3. The predicted octanol–water partition coefficient (Wildman–Crippen LogP) is 2.38. The Balaban J connectivity index is 1.59. The Kier molecular flexibility index (Phi) is 9.24. The minimum atomic E-state index is -1.65. The van der Waals surface area contributed by atoms with Crippen molar-refractivity contribution < 1.29 is 29.0 Å². The lowest BCUT2D eigenvalue weighted by atomic mass is 9.92. The van der Waals surface area contributed by atoms with Gasteiger partial charge in [-0.3, -0.25) is 14.8 Å². The van der Waals surface area contributed by atoms with Crippen LogP contribution in [0.2, 0.25) is 0 Å². The van der Waals surface area contributed by atoms with Crippen molar-refractivity contribution in [3.8, 4) is 5.75 Å². The van der Waals surface area contributed by atoms with Crippen molar-refractivity contribution >= 4 is 17.5 Å². The van der Waals surface area contributed by atoms with Gasteiger partial charge in [-0.1, -0.05) is 12.1 Å². The third kappa shape index (κ3) is 6.68. The number of ether oxygens (including phenoxy) is 1. The van der Waals surface area contributed by atoms with Crippen LogP contribution >= 0.6 is 0 Å². The van der Waals surface area contributed by atoms with Crippen molar-refractivity contribution in [1.82, 2.24) is 10.4 Å². The molecule has 0 bridgehead atoms. The maximum Gasteiger partial charge on any atom is 0.272 e. The summed E-state index contributed by atoms with van der Waals surface area (Å²) in [6.45, 7) is 4.45. The largest absolute Gasteiger partial charge is 0.494 e. The molecule has 0 aromatic heterocycles. The van der Waals surface area contributed by atoms with Gasteiger partial charge in [-0.05, 0) is 68.1 Å². The van der Waals surface area contributed by atoms with Crippen molar-refractivity contribution in [2.75, 3.05) is 37.7 Å². The van der Waals surface area contributed by atoms with E-state index in [4.69, 9.17) is 9.94 Å². The van der Waals surface area contributed by atoms with Crippen LogP contribution in [-0.2, 0) is 16.0 Å². The maximum absolute atomic E-state index is 13.2. The summed E-state index contributed by atoms with van der Waals surface area (Å²) in [5, 5.41) is 19.4. The Labute approximate surface area is 198 Å². The first-order chi connectivity index (χ1) is 16.4. The number of aliphatic hydroxyl groups is 1. The van der Waals surface area contributed by atoms with Gasteiger partial charge in [-0.2, -0.15) is 0 Å². The maximum atomic E-state index is 13.2. The topological polar surface area (TPSA) is 102 Å². The van der Waals surface area contributed by atoms with Crippen molar-refractivity contribution in [1.29, 1.82) is 0 Å². The number of nitrogens with zero attached hydrogens (tertiary/aromatic N) is 2. The molecule has 0 spiro atoms. The van der Waals surface area contributed by atoms with Crippen LogP contribution in [0.25, 0.3) is 0 Å². The number of rotatable bonds is 10. The van der Waals surface area contributed by atoms with Gasteiger partial charge in [0.1, 0.15) is 17.7 Å². The van der Waals surface area contributed by atoms with E-state index in [2.05, 4.69) is 4.90 Å². The molecule has 1 fully saturated rings. The number of piperazine rings is 1. The number of carbonyl (C=O) groups excluding carboxylic acids is 2. The Morgan fingerprint density at radius 1 is 1.06 bits per heavy atom. The van der Waals surface area contributed by atoms with Crippen molar-refractivity contribution in [2.45, 2.75) is 32.3 Å². The molecule has 3 N–H and O–H groups in total. The summed E-state index contributed by atoms with van der Waals surface area (Å²) in [6.07, 6.45) is -0.107. The quantitative estimate of drug-likeness (QED) is 0.362. The zero-order chi connectivity index (χ0) is 24.5. The van der Waals surface area contributed by atoms with Gasteiger partial charge in [-0.25, -0.2) is 9.87 Å². The van der Waals surface area contributed by atoms with Crippen molar-refractivity contribution in [2.24, 2.45) is 5.92 Å². The molecule has 2 atom stereocenters. The summed E-state index contributed by atoms with van der Waals surface area (Å²) >= 11 is 0. The van der Waals surface area contributed by atoms with Gasteiger partial charge in [0.25, 0.3) is 5.91 Å². The zero-order valence-electron chi connectivity index (χ0n) is 19.3. The Bertz CT molecular complexity index is 931. The van der Waals surface area contributed by atoms with Gasteiger partial charge in [0, 0.05) is 31.9 Å². The van der Waals surface area contributed by atoms with E-state index < -0.39 is 17.9 Å². The molecule has 0 saturated carbocycles. The van der Waals surface area contributed by atoms with Crippen LogP contribution in [0.5, 0.6) is 5.75 Å². The molecule has 1 saturated heterocycles. The van der Waals surface area contributed by atoms with E-state index in [-0.39, 0.29) is 11.7 Å². The molecular weight excluding hydrogens is 441 g/mol. The van der Waals surface area contributed by atoms with E-state index in [1.54, 1.807) is 17.0 Å². The number of aryl methyl sites for hydroxylation is 1. The molecule has 8 nitrogen and oxygen atoms in total. The molecule has 2 amide bonds. The van der Waals surface area contributed by atoms with E-state index in [0.717, 1.165) is 17.0 Å². The van der Waals surface area contributed by atoms with Crippen molar-refractivity contribution in [3.05, 3.63) is 59.9 Å². The molecule has 0 radical (unpaired) electrons. The first-order valence-corrected chi connectivity index (χ1v) is 11.6. The molecule has 1 heterocycles. The van der Waals surface area contributed by atoms with Crippen LogP contribution in [0.4, 0.5) is 10.1 Å². The van der Waals surface area contributed by atoms with Crippen molar-refractivity contribution in [3.63, 3.8) is 0 Å². The minimum absolute atomic E-state index is 0.290. The molecule has 1 aliphatic rings. The molecule has 184 valence electrons. The first-order valence-electron chi connectivity index (χ1n) is 11.6. The summed E-state index contributed by atoms with van der Waals surface area (Å²) in [5.74, 6) is -1.80. The summed E-state index contributed by atoms with van der Waals surface area (Å²) < 4.78 is 18.6. The van der Waals surface area contributed by atoms with Crippen LogP contribution in [0.15, 0.2) is 48.5 Å². The van der Waals surface area contributed by atoms with Gasteiger partial charge in [0.2, 0.25) is 5.91 Å². The normalized spacial score (nSPS) is 15.5. The smallest absolute Gasteiger partial charge is 0.272 e. The molecule has 3 rings (SSSR count). The van der Waals surface area contributed by atoms with Gasteiger partial charge in [-0.15, -0.1) is 0 Å². The second kappa shape index (κ2) is 12.3. The third-order valence-corrected chi connectivity index (χ3v) is 6.08. The fourth-order valence-corrected chi connectivity index (χ4v) is 4.18. The number of hydrogen-bond acceptors (Lipinski definition) is 6.